The molecule has 3 aromatic carbocycles. The number of carbonyl (C=O) groups excluding carboxylic acids is 2. The van der Waals surface area contributed by atoms with E-state index in [1.807, 2.05) is 0 Å². The summed E-state index contributed by atoms with van der Waals surface area (Å²) in [7, 11) is 0. The fourth-order valence-electron chi connectivity index (χ4n) is 2.55. The highest BCUT2D eigenvalue weighted by Crippen LogP contribution is 2.19. The molecule has 0 atom stereocenters. The molecule has 0 fully saturated rings. The maximum atomic E-state index is 13.2. The first-order valence-corrected chi connectivity index (χ1v) is 9.78. The summed E-state index contributed by atoms with van der Waals surface area (Å²) in [5.41, 5.74) is 4.32. The summed E-state index contributed by atoms with van der Waals surface area (Å²) in [5.74, 6) is -2.32. The predicted octanol–water partition coefficient (Wildman–Crippen LogP) is 4.68. The van der Waals surface area contributed by atoms with Gasteiger partial charge in [-0.25, -0.2) is 14.2 Å². The van der Waals surface area contributed by atoms with Gasteiger partial charge >= 0.3 is 11.8 Å². The Balaban J connectivity index is 1.53. The minimum atomic E-state index is -0.996. The van der Waals surface area contributed by atoms with Gasteiger partial charge in [0.25, 0.3) is 0 Å². The number of halogens is 3. The SMILES string of the molecule is C/C(=N\NC(=O)C(=O)Nc1ccc(F)c(Cl)c1)c1ccc(OCc2ccc(F)cc2)cc1. The van der Waals surface area contributed by atoms with Crippen molar-refractivity contribution < 1.29 is 23.1 Å². The monoisotopic (exact) mass is 457 g/mol. The molecule has 0 aromatic heterocycles. The van der Waals surface area contributed by atoms with Gasteiger partial charge < -0.3 is 10.1 Å². The lowest BCUT2D eigenvalue weighted by Crippen LogP contribution is -2.32. The van der Waals surface area contributed by atoms with E-state index < -0.39 is 17.6 Å². The van der Waals surface area contributed by atoms with Crippen LogP contribution < -0.4 is 15.5 Å². The van der Waals surface area contributed by atoms with Gasteiger partial charge in [-0.1, -0.05) is 23.7 Å². The Hall–Kier alpha value is -3.78. The molecular formula is C23H18ClF2N3O3. The molecule has 0 heterocycles. The van der Waals surface area contributed by atoms with Crippen LogP contribution in [-0.4, -0.2) is 17.5 Å². The number of amides is 2. The topological polar surface area (TPSA) is 79.8 Å². The molecule has 0 aliphatic heterocycles. The maximum Gasteiger partial charge on any atom is 0.329 e. The smallest absolute Gasteiger partial charge is 0.329 e. The van der Waals surface area contributed by atoms with E-state index in [2.05, 4.69) is 15.8 Å². The Bertz CT molecular complexity index is 1150. The number of rotatable bonds is 6. The predicted molar refractivity (Wildman–Crippen MR) is 118 cm³/mol. The summed E-state index contributed by atoms with van der Waals surface area (Å²) < 4.78 is 31.7. The lowest BCUT2D eigenvalue weighted by Gasteiger charge is -2.08. The summed E-state index contributed by atoms with van der Waals surface area (Å²) in [6.07, 6.45) is 0. The highest BCUT2D eigenvalue weighted by atomic mass is 35.5. The van der Waals surface area contributed by atoms with Crippen LogP contribution in [0.5, 0.6) is 5.75 Å². The zero-order chi connectivity index (χ0) is 23.1. The molecule has 164 valence electrons. The molecule has 0 unspecified atom stereocenters. The molecule has 0 radical (unpaired) electrons. The lowest BCUT2D eigenvalue weighted by molar-refractivity contribution is -0.136. The minimum absolute atomic E-state index is 0.175. The fraction of sp³-hybridized carbons (Fsp3) is 0.0870. The van der Waals surface area contributed by atoms with Gasteiger partial charge in [-0.3, -0.25) is 9.59 Å². The van der Waals surface area contributed by atoms with E-state index in [9.17, 15) is 18.4 Å². The Morgan fingerprint density at radius 1 is 0.969 bits per heavy atom. The average Bonchev–Trinajstić information content (AvgIpc) is 2.79. The second kappa shape index (κ2) is 10.5. The van der Waals surface area contributed by atoms with Crippen molar-refractivity contribution in [1.29, 1.82) is 0 Å². The fourth-order valence-corrected chi connectivity index (χ4v) is 2.73. The van der Waals surface area contributed by atoms with Crippen LogP contribution in [0.3, 0.4) is 0 Å². The standard InChI is InChI=1S/C23H18ClF2N3O3/c1-14(28-29-23(31)22(30)27-18-8-11-21(26)20(24)12-18)16-4-9-19(10-5-16)32-13-15-2-6-17(25)7-3-15/h2-12H,13H2,1H3,(H,27,30)(H,29,31)/b28-14+. The summed E-state index contributed by atoms with van der Waals surface area (Å²) >= 11 is 5.64. The van der Waals surface area contributed by atoms with Gasteiger partial charge in [-0.2, -0.15) is 5.10 Å². The molecule has 3 aromatic rings. The van der Waals surface area contributed by atoms with Gasteiger partial charge in [-0.05, 0) is 72.6 Å². The van der Waals surface area contributed by atoms with Crippen LogP contribution >= 0.6 is 11.6 Å². The van der Waals surface area contributed by atoms with E-state index in [0.717, 1.165) is 11.6 Å². The third-order valence-electron chi connectivity index (χ3n) is 4.30. The first-order valence-electron chi connectivity index (χ1n) is 9.40. The number of hydrogen-bond donors (Lipinski definition) is 2. The Labute approximate surface area is 187 Å². The highest BCUT2D eigenvalue weighted by Gasteiger charge is 2.14. The maximum absolute atomic E-state index is 13.2. The van der Waals surface area contributed by atoms with E-state index in [-0.39, 0.29) is 23.1 Å². The van der Waals surface area contributed by atoms with Gasteiger partial charge in [0.1, 0.15) is 24.0 Å². The molecule has 32 heavy (non-hydrogen) atoms. The molecule has 2 N–H and O–H groups in total. The van der Waals surface area contributed by atoms with Crippen LogP contribution in [0.25, 0.3) is 0 Å². The van der Waals surface area contributed by atoms with Gasteiger partial charge in [-0.15, -0.1) is 0 Å². The number of nitrogens with one attached hydrogen (secondary N) is 2. The number of hydrazone groups is 1. The molecule has 0 aliphatic rings. The normalized spacial score (nSPS) is 11.1. The van der Waals surface area contributed by atoms with Gasteiger partial charge in [0.05, 0.1) is 10.7 Å². The first kappa shape index (κ1) is 22.9. The van der Waals surface area contributed by atoms with Crippen molar-refractivity contribution in [2.45, 2.75) is 13.5 Å². The second-order valence-electron chi connectivity index (χ2n) is 6.66. The lowest BCUT2D eigenvalue weighted by atomic mass is 10.1. The van der Waals surface area contributed by atoms with E-state index in [1.165, 1.54) is 24.3 Å². The Morgan fingerprint density at radius 3 is 2.31 bits per heavy atom. The number of carbonyl (C=O) groups is 2. The van der Waals surface area contributed by atoms with E-state index in [4.69, 9.17) is 16.3 Å². The highest BCUT2D eigenvalue weighted by molar-refractivity contribution is 6.40. The van der Waals surface area contributed by atoms with Gasteiger partial charge in [0, 0.05) is 5.69 Å². The third kappa shape index (κ3) is 6.36. The summed E-state index contributed by atoms with van der Waals surface area (Å²) in [6.45, 7) is 1.95. The van der Waals surface area contributed by atoms with Crippen molar-refractivity contribution in [3.63, 3.8) is 0 Å². The van der Waals surface area contributed by atoms with E-state index >= 15 is 0 Å². The molecule has 0 spiro atoms. The van der Waals surface area contributed by atoms with E-state index in [0.29, 0.717) is 17.0 Å². The van der Waals surface area contributed by atoms with Crippen molar-refractivity contribution in [2.24, 2.45) is 5.10 Å². The average molecular weight is 458 g/mol. The molecule has 2 amide bonds. The summed E-state index contributed by atoms with van der Waals surface area (Å²) in [4.78, 5) is 23.9. The quantitative estimate of drug-likeness (QED) is 0.320. The molecular weight excluding hydrogens is 440 g/mol. The van der Waals surface area contributed by atoms with Crippen molar-refractivity contribution in [3.8, 4) is 5.75 Å². The van der Waals surface area contributed by atoms with Gasteiger partial charge in [0.15, 0.2) is 0 Å². The largest absolute Gasteiger partial charge is 0.489 e. The third-order valence-corrected chi connectivity index (χ3v) is 4.59. The molecule has 6 nitrogen and oxygen atoms in total. The molecule has 9 heteroatoms. The van der Waals surface area contributed by atoms with Crippen molar-refractivity contribution >= 4 is 34.8 Å². The molecule has 0 bridgehead atoms. The molecule has 3 rings (SSSR count). The zero-order valence-electron chi connectivity index (χ0n) is 16.9. The van der Waals surface area contributed by atoms with Crippen molar-refractivity contribution in [3.05, 3.63) is 94.5 Å². The minimum Gasteiger partial charge on any atom is -0.489 e. The number of benzene rings is 3. The van der Waals surface area contributed by atoms with E-state index in [1.54, 1.807) is 43.3 Å². The van der Waals surface area contributed by atoms with Crippen molar-refractivity contribution in [2.75, 3.05) is 5.32 Å². The molecule has 0 aliphatic carbocycles. The first-order chi connectivity index (χ1) is 15.3. The van der Waals surface area contributed by atoms with Crippen molar-refractivity contribution in [1.82, 2.24) is 5.43 Å². The Kier molecular flexibility index (Phi) is 7.51. The summed E-state index contributed by atoms with van der Waals surface area (Å²) in [6, 6.07) is 16.5. The van der Waals surface area contributed by atoms with Crippen LogP contribution in [0.1, 0.15) is 18.1 Å². The number of hydrogen-bond acceptors (Lipinski definition) is 4. The van der Waals surface area contributed by atoms with Crippen LogP contribution in [-0.2, 0) is 16.2 Å². The van der Waals surface area contributed by atoms with Crippen LogP contribution in [0, 0.1) is 11.6 Å². The Morgan fingerprint density at radius 2 is 1.66 bits per heavy atom. The second-order valence-corrected chi connectivity index (χ2v) is 7.07. The van der Waals surface area contributed by atoms with Crippen LogP contribution in [0.15, 0.2) is 71.8 Å². The number of anilines is 1. The van der Waals surface area contributed by atoms with Crippen LogP contribution in [0.4, 0.5) is 14.5 Å². The van der Waals surface area contributed by atoms with Crippen LogP contribution in [0.2, 0.25) is 5.02 Å². The number of nitrogens with zero attached hydrogens (tertiary/aromatic N) is 1. The number of ether oxygens (including phenoxy) is 1. The summed E-state index contributed by atoms with van der Waals surface area (Å²) in [5, 5.41) is 6.04. The molecule has 0 saturated carbocycles. The van der Waals surface area contributed by atoms with Gasteiger partial charge in [0.2, 0.25) is 0 Å². The zero-order valence-corrected chi connectivity index (χ0v) is 17.6. The molecule has 0 saturated heterocycles.